The number of aromatic nitrogens is 3. The standard InChI is InChI=1S/C41H51F3N8O3S/c1-24(2)36-29(17-27(20-46-36)50-14-12-49(13-15-50)26-8-9-26)37-30-19-40(3,4)23-55-39(54)32-6-5-11-52(48-32)38(53)31(45)18-35-47-33(21-56-35)25-7-10-34(28(30)16-25)51(37)22-41(42,43)44/h7,10,16-17,20-21,24,26,31-32,48H,5-6,8-9,11-15,18-19,22-23,45H2,1-4H3/t31-,32-/m0/s1. The number of nitrogens with zero attached hydrogens (tertiary/aromatic N) is 6. The Balaban J connectivity index is 1.29. The minimum Gasteiger partial charge on any atom is -0.464 e. The van der Waals surface area contributed by atoms with Crippen molar-refractivity contribution < 1.29 is 27.5 Å². The van der Waals surface area contributed by atoms with Crippen LogP contribution in [0.25, 0.3) is 33.4 Å². The van der Waals surface area contributed by atoms with Crippen molar-refractivity contribution in [3.05, 3.63) is 52.1 Å². The Morgan fingerprint density at radius 1 is 1.07 bits per heavy atom. The number of carbonyl (C=O) groups is 2. The van der Waals surface area contributed by atoms with E-state index in [0.29, 0.717) is 64.7 Å². The van der Waals surface area contributed by atoms with Crippen LogP contribution in [-0.4, -0.2) is 100.0 Å². The van der Waals surface area contributed by atoms with Crippen LogP contribution in [0.2, 0.25) is 0 Å². The third-order valence-electron chi connectivity index (χ3n) is 11.5. The summed E-state index contributed by atoms with van der Waals surface area (Å²) in [6.45, 7) is 10.7. The number of amides is 1. The lowest BCUT2D eigenvalue weighted by Crippen LogP contribution is -2.59. The number of anilines is 1. The number of ether oxygens (including phenoxy) is 1. The molecule has 3 aromatic heterocycles. The van der Waals surface area contributed by atoms with Crippen LogP contribution in [-0.2, 0) is 33.7 Å². The first kappa shape index (κ1) is 38.8. The maximum Gasteiger partial charge on any atom is 0.406 e. The lowest BCUT2D eigenvalue weighted by molar-refractivity contribution is -0.155. The van der Waals surface area contributed by atoms with Crippen molar-refractivity contribution in [1.29, 1.82) is 0 Å². The van der Waals surface area contributed by atoms with Gasteiger partial charge in [-0.2, -0.15) is 13.2 Å². The molecule has 0 radical (unpaired) electrons. The van der Waals surface area contributed by atoms with Crippen LogP contribution in [0, 0.1) is 5.41 Å². The highest BCUT2D eigenvalue weighted by Gasteiger charge is 2.37. The topological polar surface area (TPSA) is 122 Å². The van der Waals surface area contributed by atoms with Crippen LogP contribution in [0.5, 0.6) is 0 Å². The summed E-state index contributed by atoms with van der Waals surface area (Å²) in [4.78, 5) is 41.5. The van der Waals surface area contributed by atoms with Crippen molar-refractivity contribution in [2.24, 2.45) is 11.1 Å². The van der Waals surface area contributed by atoms with Gasteiger partial charge in [0, 0.05) is 78.0 Å². The van der Waals surface area contributed by atoms with E-state index in [0.717, 1.165) is 48.7 Å². The number of nitrogens with two attached hydrogens (primary N) is 1. The molecule has 4 aliphatic rings. The number of hydrogen-bond donors (Lipinski definition) is 2. The first-order valence-corrected chi connectivity index (χ1v) is 20.7. The molecule has 11 nitrogen and oxygen atoms in total. The fourth-order valence-corrected chi connectivity index (χ4v) is 9.37. The van der Waals surface area contributed by atoms with Crippen molar-refractivity contribution in [1.82, 2.24) is 29.9 Å². The molecule has 300 valence electrons. The summed E-state index contributed by atoms with van der Waals surface area (Å²) in [6.07, 6.45) is 1.43. The van der Waals surface area contributed by atoms with Crippen LogP contribution in [0.15, 0.2) is 35.8 Å². The Morgan fingerprint density at radius 2 is 1.84 bits per heavy atom. The summed E-state index contributed by atoms with van der Waals surface area (Å²) in [5.74, 6) is -0.893. The highest BCUT2D eigenvalue weighted by Crippen LogP contribution is 2.44. The number of rotatable bonds is 5. The zero-order valence-corrected chi connectivity index (χ0v) is 33.3. The summed E-state index contributed by atoms with van der Waals surface area (Å²) in [5, 5.41) is 4.65. The minimum atomic E-state index is -4.52. The molecule has 6 heterocycles. The number of hydrogen-bond acceptors (Lipinski definition) is 10. The fraction of sp³-hybridized carbons (Fsp3) is 0.561. The molecular formula is C41H51F3N8O3S. The van der Waals surface area contributed by atoms with E-state index in [4.69, 9.17) is 20.4 Å². The Bertz CT molecular complexity index is 2120. The molecular weight excluding hydrogens is 742 g/mol. The van der Waals surface area contributed by atoms with Gasteiger partial charge in [0.25, 0.3) is 5.91 Å². The van der Waals surface area contributed by atoms with E-state index in [-0.39, 0.29) is 24.9 Å². The average molecular weight is 793 g/mol. The second-order valence-corrected chi connectivity index (χ2v) is 17.9. The number of benzene rings is 1. The first-order valence-electron chi connectivity index (χ1n) is 19.8. The van der Waals surface area contributed by atoms with Crippen molar-refractivity contribution in [2.75, 3.05) is 44.2 Å². The van der Waals surface area contributed by atoms with Gasteiger partial charge in [0.15, 0.2) is 0 Å². The number of piperazine rings is 1. The predicted molar refractivity (Wildman–Crippen MR) is 211 cm³/mol. The van der Waals surface area contributed by atoms with Gasteiger partial charge in [0.05, 0.1) is 46.6 Å². The molecule has 0 spiro atoms. The molecule has 1 aromatic carbocycles. The largest absolute Gasteiger partial charge is 0.464 e. The van der Waals surface area contributed by atoms with Gasteiger partial charge in [-0.25, -0.2) is 10.4 Å². The number of cyclic esters (lactones) is 1. The van der Waals surface area contributed by atoms with Gasteiger partial charge in [-0.05, 0) is 61.8 Å². The van der Waals surface area contributed by atoms with E-state index in [9.17, 15) is 22.8 Å². The van der Waals surface area contributed by atoms with Crippen LogP contribution in [0.1, 0.15) is 75.6 Å². The van der Waals surface area contributed by atoms with E-state index in [1.54, 1.807) is 6.07 Å². The molecule has 1 aliphatic carbocycles. The molecule has 8 rings (SSSR count). The maximum absolute atomic E-state index is 14.8. The second-order valence-electron chi connectivity index (χ2n) is 17.0. The Kier molecular flexibility index (Phi) is 10.4. The van der Waals surface area contributed by atoms with Crippen LogP contribution >= 0.6 is 11.3 Å². The number of carbonyl (C=O) groups excluding carboxylic acids is 2. The van der Waals surface area contributed by atoms with Gasteiger partial charge in [0.1, 0.15) is 12.6 Å². The summed E-state index contributed by atoms with van der Waals surface area (Å²) in [7, 11) is 0. The lowest BCUT2D eigenvalue weighted by atomic mass is 9.84. The molecule has 56 heavy (non-hydrogen) atoms. The Hall–Kier alpha value is -4.05. The average Bonchev–Trinajstić information content (AvgIpc) is 3.86. The fourth-order valence-electron chi connectivity index (χ4n) is 8.51. The van der Waals surface area contributed by atoms with Gasteiger partial charge in [-0.3, -0.25) is 24.5 Å². The number of hydrazine groups is 1. The lowest BCUT2D eigenvalue weighted by Gasteiger charge is -2.36. The molecule has 3 fully saturated rings. The molecule has 1 saturated carbocycles. The summed E-state index contributed by atoms with van der Waals surface area (Å²) in [5.41, 5.74) is 14.1. The SMILES string of the molecule is CC(C)c1ncc(N2CCN(C3CC3)CC2)cc1-c1c2c3cc(ccc3n1CC(F)(F)F)-c1csc(n1)C[C@H](N)C(=O)N1CCC[C@H](N1)C(=O)OCC(C)(C)C2. The maximum atomic E-state index is 14.8. The van der Waals surface area contributed by atoms with Crippen molar-refractivity contribution >= 4 is 39.8 Å². The van der Waals surface area contributed by atoms with Crippen LogP contribution < -0.4 is 16.1 Å². The number of esters is 1. The van der Waals surface area contributed by atoms with Crippen LogP contribution in [0.4, 0.5) is 18.9 Å². The Morgan fingerprint density at radius 3 is 2.55 bits per heavy atom. The van der Waals surface area contributed by atoms with Gasteiger partial charge in [-0.1, -0.05) is 33.8 Å². The van der Waals surface area contributed by atoms with E-state index >= 15 is 0 Å². The molecule has 2 saturated heterocycles. The summed E-state index contributed by atoms with van der Waals surface area (Å²) < 4.78 is 51.6. The molecule has 3 N–H and O–H groups in total. The zero-order valence-electron chi connectivity index (χ0n) is 32.5. The van der Waals surface area contributed by atoms with Crippen LogP contribution in [0.3, 0.4) is 0 Å². The van der Waals surface area contributed by atoms with Gasteiger partial charge in [-0.15, -0.1) is 11.3 Å². The third kappa shape index (κ3) is 8.05. The smallest absolute Gasteiger partial charge is 0.406 e. The third-order valence-corrected chi connectivity index (χ3v) is 12.4. The normalized spacial score (nSPS) is 22.8. The highest BCUT2D eigenvalue weighted by atomic mass is 32.1. The first-order chi connectivity index (χ1) is 26.6. The number of alkyl halides is 3. The number of halogens is 3. The second kappa shape index (κ2) is 15.0. The zero-order chi connectivity index (χ0) is 39.5. The number of fused-ring (bicyclic) bond motifs is 6. The highest BCUT2D eigenvalue weighted by molar-refractivity contribution is 7.10. The minimum absolute atomic E-state index is 0.0125. The predicted octanol–water partition coefficient (Wildman–Crippen LogP) is 6.29. The monoisotopic (exact) mass is 792 g/mol. The van der Waals surface area contributed by atoms with Crippen molar-refractivity contribution in [3.8, 4) is 22.5 Å². The molecule has 15 heteroatoms. The number of thiazole rings is 1. The number of pyridine rings is 1. The Labute approximate surface area is 329 Å². The molecule has 4 aromatic rings. The molecule has 6 bridgehead atoms. The van der Waals surface area contributed by atoms with Gasteiger partial charge >= 0.3 is 12.1 Å². The van der Waals surface area contributed by atoms with Gasteiger partial charge < -0.3 is 19.9 Å². The molecule has 2 atom stereocenters. The van der Waals surface area contributed by atoms with Crippen molar-refractivity contribution in [2.45, 2.75) is 103 Å². The molecule has 1 amide bonds. The van der Waals surface area contributed by atoms with E-state index in [2.05, 4.69) is 15.2 Å². The quantitative estimate of drug-likeness (QED) is 0.225. The summed E-state index contributed by atoms with van der Waals surface area (Å²) >= 11 is 1.38. The molecule has 3 aliphatic heterocycles. The van der Waals surface area contributed by atoms with E-state index in [1.807, 2.05) is 57.5 Å². The van der Waals surface area contributed by atoms with Crippen molar-refractivity contribution in [3.63, 3.8) is 0 Å². The summed E-state index contributed by atoms with van der Waals surface area (Å²) in [6, 6.07) is 6.60. The van der Waals surface area contributed by atoms with E-state index in [1.165, 1.54) is 33.8 Å². The van der Waals surface area contributed by atoms with E-state index < -0.39 is 36.2 Å². The van der Waals surface area contributed by atoms with Gasteiger partial charge in [0.2, 0.25) is 0 Å². The molecule has 0 unspecified atom stereocenters. The number of nitrogens with one attached hydrogen (secondary N) is 1.